The molecule has 164 valence electrons. The molecule has 3 amide bonds. The van der Waals surface area contributed by atoms with Crippen molar-refractivity contribution in [2.45, 2.75) is 6.92 Å². The number of nitrogens with zero attached hydrogens (tertiary/aromatic N) is 2. The lowest BCUT2D eigenvalue weighted by Gasteiger charge is -2.34. The zero-order chi connectivity index (χ0) is 22.4. The summed E-state index contributed by atoms with van der Waals surface area (Å²) in [4.78, 5) is 40.2. The zero-order valence-corrected chi connectivity index (χ0v) is 18.6. The number of anilines is 1. The Kier molecular flexibility index (Phi) is 7.92. The Morgan fingerprint density at radius 3 is 2.45 bits per heavy atom. The molecule has 0 radical (unpaired) electrons. The number of nitrogens with one attached hydrogen (secondary N) is 1. The first-order valence-corrected chi connectivity index (χ1v) is 11.3. The second-order valence-corrected chi connectivity index (χ2v) is 8.63. The minimum absolute atomic E-state index is 0.0672. The molecule has 1 N–H and O–H groups in total. The van der Waals surface area contributed by atoms with Gasteiger partial charge in [-0.15, -0.1) is 11.8 Å². The van der Waals surface area contributed by atoms with Crippen molar-refractivity contribution in [1.29, 1.82) is 0 Å². The van der Waals surface area contributed by atoms with E-state index in [0.29, 0.717) is 31.2 Å². The van der Waals surface area contributed by atoms with Crippen molar-refractivity contribution in [3.05, 3.63) is 64.4 Å². The van der Waals surface area contributed by atoms with Crippen LogP contribution in [0.25, 0.3) is 0 Å². The van der Waals surface area contributed by atoms with Gasteiger partial charge < -0.3 is 15.1 Å². The lowest BCUT2D eigenvalue weighted by Crippen LogP contribution is -2.51. The van der Waals surface area contributed by atoms with E-state index < -0.39 is 11.7 Å². The van der Waals surface area contributed by atoms with E-state index in [1.807, 2.05) is 31.2 Å². The molecule has 31 heavy (non-hydrogen) atoms. The molecule has 0 saturated carbocycles. The maximum atomic E-state index is 13.9. The van der Waals surface area contributed by atoms with Crippen LogP contribution in [0, 0.1) is 12.7 Å². The second kappa shape index (κ2) is 10.6. The fraction of sp³-hybridized carbons (Fsp3) is 0.318. The van der Waals surface area contributed by atoms with E-state index >= 15 is 0 Å². The molecular weight excluding hydrogens is 441 g/mol. The first-order chi connectivity index (χ1) is 14.8. The van der Waals surface area contributed by atoms with Gasteiger partial charge in [0.1, 0.15) is 5.82 Å². The normalized spacial score (nSPS) is 13.8. The van der Waals surface area contributed by atoms with Crippen molar-refractivity contribution in [2.24, 2.45) is 0 Å². The van der Waals surface area contributed by atoms with Gasteiger partial charge in [0.2, 0.25) is 11.8 Å². The topological polar surface area (TPSA) is 69.7 Å². The molecule has 1 aliphatic heterocycles. The largest absolute Gasteiger partial charge is 0.338 e. The molecule has 1 heterocycles. The monoisotopic (exact) mass is 463 g/mol. The minimum atomic E-state index is -0.617. The predicted molar refractivity (Wildman–Crippen MR) is 121 cm³/mol. The van der Waals surface area contributed by atoms with Crippen molar-refractivity contribution in [2.75, 3.05) is 43.0 Å². The van der Waals surface area contributed by atoms with Gasteiger partial charge >= 0.3 is 0 Å². The van der Waals surface area contributed by atoms with Crippen LogP contribution < -0.4 is 5.32 Å². The lowest BCUT2D eigenvalue weighted by molar-refractivity contribution is -0.129. The first kappa shape index (κ1) is 23.1. The van der Waals surface area contributed by atoms with Gasteiger partial charge in [-0.05, 0) is 42.8 Å². The van der Waals surface area contributed by atoms with Crippen LogP contribution in [0.3, 0.4) is 0 Å². The van der Waals surface area contributed by atoms with Crippen molar-refractivity contribution < 1.29 is 18.8 Å². The second-order valence-electron chi connectivity index (χ2n) is 7.21. The predicted octanol–water partition coefficient (Wildman–Crippen LogP) is 3.44. The molecule has 0 unspecified atom stereocenters. The molecule has 2 aromatic rings. The fourth-order valence-corrected chi connectivity index (χ4v) is 4.12. The highest BCUT2D eigenvalue weighted by atomic mass is 35.5. The van der Waals surface area contributed by atoms with Gasteiger partial charge in [-0.1, -0.05) is 23.7 Å². The number of halogens is 2. The van der Waals surface area contributed by atoms with Gasteiger partial charge in [0.15, 0.2) is 0 Å². The van der Waals surface area contributed by atoms with Crippen molar-refractivity contribution in [3.8, 4) is 0 Å². The summed E-state index contributed by atoms with van der Waals surface area (Å²) in [5.74, 6) is -0.955. The molecule has 1 saturated heterocycles. The van der Waals surface area contributed by atoms with Crippen molar-refractivity contribution >= 4 is 46.8 Å². The number of carbonyl (C=O) groups excluding carboxylic acids is 3. The van der Waals surface area contributed by atoms with Crippen LogP contribution in [0.2, 0.25) is 5.02 Å². The van der Waals surface area contributed by atoms with Gasteiger partial charge in [0.05, 0.1) is 17.1 Å². The van der Waals surface area contributed by atoms with Gasteiger partial charge in [-0.3, -0.25) is 14.4 Å². The van der Waals surface area contributed by atoms with Gasteiger partial charge in [-0.2, -0.15) is 0 Å². The van der Waals surface area contributed by atoms with E-state index in [4.69, 9.17) is 11.6 Å². The molecule has 3 rings (SSSR count). The molecule has 6 nitrogen and oxygen atoms in total. The van der Waals surface area contributed by atoms with Crippen LogP contribution in [0.15, 0.2) is 42.5 Å². The summed E-state index contributed by atoms with van der Waals surface area (Å²) < 4.78 is 13.9. The standard InChI is InChI=1S/C22H23ClFN3O3S/c1-15-3-2-4-17(11-15)25-20(28)13-31-14-21(29)26-7-9-27(10-8-26)22(30)18-12-16(23)5-6-19(18)24/h2-6,11-12H,7-10,13-14H2,1H3,(H,25,28). The highest BCUT2D eigenvalue weighted by Gasteiger charge is 2.26. The Bertz CT molecular complexity index is 980. The Morgan fingerprint density at radius 1 is 1.03 bits per heavy atom. The van der Waals surface area contributed by atoms with E-state index in [1.54, 1.807) is 4.90 Å². The third kappa shape index (κ3) is 6.45. The number of thioether (sulfide) groups is 1. The number of piperazine rings is 1. The van der Waals surface area contributed by atoms with Crippen molar-refractivity contribution in [3.63, 3.8) is 0 Å². The number of aryl methyl sites for hydroxylation is 1. The Labute approximate surface area is 189 Å². The summed E-state index contributed by atoms with van der Waals surface area (Å²) in [6, 6.07) is 11.4. The summed E-state index contributed by atoms with van der Waals surface area (Å²) >= 11 is 7.11. The third-order valence-electron chi connectivity index (χ3n) is 4.84. The van der Waals surface area contributed by atoms with Gasteiger partial charge in [0, 0.05) is 36.9 Å². The Hall–Kier alpha value is -2.58. The molecule has 2 aromatic carbocycles. The molecule has 1 aliphatic rings. The average Bonchev–Trinajstić information content (AvgIpc) is 2.75. The molecule has 1 fully saturated rings. The molecule has 0 bridgehead atoms. The summed E-state index contributed by atoms with van der Waals surface area (Å²) in [5.41, 5.74) is 1.72. The smallest absolute Gasteiger partial charge is 0.257 e. The van der Waals surface area contributed by atoms with Gasteiger partial charge in [0.25, 0.3) is 5.91 Å². The summed E-state index contributed by atoms with van der Waals surface area (Å²) in [6.45, 7) is 3.30. The summed E-state index contributed by atoms with van der Waals surface area (Å²) in [6.07, 6.45) is 0. The highest BCUT2D eigenvalue weighted by molar-refractivity contribution is 8.00. The Morgan fingerprint density at radius 2 is 1.74 bits per heavy atom. The Balaban J connectivity index is 1.41. The van der Waals surface area contributed by atoms with E-state index in [9.17, 15) is 18.8 Å². The SMILES string of the molecule is Cc1cccc(NC(=O)CSCC(=O)N2CCN(C(=O)c3cc(Cl)ccc3F)CC2)c1. The molecule has 9 heteroatoms. The van der Waals surface area contributed by atoms with Crippen LogP contribution in [0.1, 0.15) is 15.9 Å². The molecule has 0 atom stereocenters. The van der Waals surface area contributed by atoms with Crippen LogP contribution in [0.4, 0.5) is 10.1 Å². The van der Waals surface area contributed by atoms with Crippen molar-refractivity contribution in [1.82, 2.24) is 9.80 Å². The van der Waals surface area contributed by atoms with Gasteiger partial charge in [-0.25, -0.2) is 4.39 Å². The maximum Gasteiger partial charge on any atom is 0.257 e. The minimum Gasteiger partial charge on any atom is -0.338 e. The zero-order valence-electron chi connectivity index (χ0n) is 17.1. The van der Waals surface area contributed by atoms with Crippen LogP contribution >= 0.6 is 23.4 Å². The number of hydrogen-bond donors (Lipinski definition) is 1. The van der Waals surface area contributed by atoms with Crippen LogP contribution in [-0.2, 0) is 9.59 Å². The van der Waals surface area contributed by atoms with E-state index in [1.165, 1.54) is 34.9 Å². The van der Waals surface area contributed by atoms with Crippen LogP contribution in [0.5, 0.6) is 0 Å². The highest BCUT2D eigenvalue weighted by Crippen LogP contribution is 2.18. The summed E-state index contributed by atoms with van der Waals surface area (Å²) in [5, 5.41) is 3.10. The number of carbonyl (C=O) groups is 3. The van der Waals surface area contributed by atoms with Crippen LogP contribution in [-0.4, -0.2) is 65.2 Å². The van der Waals surface area contributed by atoms with E-state index in [-0.39, 0.29) is 28.9 Å². The maximum absolute atomic E-state index is 13.9. The third-order valence-corrected chi connectivity index (χ3v) is 5.99. The first-order valence-electron chi connectivity index (χ1n) is 9.80. The number of hydrogen-bond acceptors (Lipinski definition) is 4. The fourth-order valence-electron chi connectivity index (χ4n) is 3.23. The number of amides is 3. The summed E-state index contributed by atoms with van der Waals surface area (Å²) in [7, 11) is 0. The lowest BCUT2D eigenvalue weighted by atomic mass is 10.1. The van der Waals surface area contributed by atoms with E-state index in [2.05, 4.69) is 5.32 Å². The average molecular weight is 464 g/mol. The van der Waals surface area contributed by atoms with E-state index in [0.717, 1.165) is 11.3 Å². The number of rotatable bonds is 6. The molecule has 0 aromatic heterocycles. The molecule has 0 spiro atoms. The molecular formula is C22H23ClFN3O3S. The number of benzene rings is 2. The molecule has 0 aliphatic carbocycles. The quantitative estimate of drug-likeness (QED) is 0.712.